The van der Waals surface area contributed by atoms with E-state index < -0.39 is 0 Å². The van der Waals surface area contributed by atoms with Crippen molar-refractivity contribution >= 4 is 11.6 Å². The number of ether oxygens (including phenoxy) is 1. The first-order valence-corrected chi connectivity index (χ1v) is 13.5. The van der Waals surface area contributed by atoms with E-state index >= 15 is 0 Å². The van der Waals surface area contributed by atoms with Gasteiger partial charge in [0.25, 0.3) is 0 Å². The Labute approximate surface area is 216 Å². The quantitative estimate of drug-likeness (QED) is 0.471. The summed E-state index contributed by atoms with van der Waals surface area (Å²) in [7, 11) is 0. The lowest BCUT2D eigenvalue weighted by Crippen LogP contribution is -2.50. The van der Waals surface area contributed by atoms with Crippen LogP contribution in [-0.2, 0) is 16.1 Å². The van der Waals surface area contributed by atoms with Gasteiger partial charge in [-0.2, -0.15) is 5.26 Å². The van der Waals surface area contributed by atoms with Gasteiger partial charge in [-0.05, 0) is 54.7 Å². The molecule has 36 heavy (non-hydrogen) atoms. The van der Waals surface area contributed by atoms with Crippen molar-refractivity contribution in [2.24, 2.45) is 5.92 Å². The van der Waals surface area contributed by atoms with Crippen LogP contribution in [0.4, 0.5) is 5.69 Å². The molecule has 6 heteroatoms. The number of rotatable bonds is 10. The van der Waals surface area contributed by atoms with Gasteiger partial charge in [-0.25, -0.2) is 0 Å². The fourth-order valence-electron chi connectivity index (χ4n) is 5.28. The predicted octanol–water partition coefficient (Wildman–Crippen LogP) is 5.00. The van der Waals surface area contributed by atoms with Gasteiger partial charge < -0.3 is 14.5 Å². The first-order valence-electron chi connectivity index (χ1n) is 13.5. The molecule has 2 atom stereocenters. The van der Waals surface area contributed by atoms with Crippen LogP contribution in [-0.4, -0.2) is 61.5 Å². The van der Waals surface area contributed by atoms with Crippen LogP contribution in [0.5, 0.6) is 0 Å². The number of carbonyl (C=O) groups is 1. The highest BCUT2D eigenvalue weighted by molar-refractivity contribution is 5.78. The van der Waals surface area contributed by atoms with Crippen molar-refractivity contribution in [3.8, 4) is 6.07 Å². The maximum absolute atomic E-state index is 12.8. The van der Waals surface area contributed by atoms with E-state index in [1.54, 1.807) is 0 Å². The maximum atomic E-state index is 12.8. The molecule has 2 aliphatic heterocycles. The maximum Gasteiger partial charge on any atom is 0.225 e. The van der Waals surface area contributed by atoms with E-state index in [1.807, 2.05) is 29.2 Å². The zero-order valence-electron chi connectivity index (χ0n) is 21.9. The highest BCUT2D eigenvalue weighted by atomic mass is 16.5. The first-order chi connectivity index (χ1) is 17.6. The lowest BCUT2D eigenvalue weighted by Gasteiger charge is -2.37. The molecule has 2 heterocycles. The van der Waals surface area contributed by atoms with Crippen LogP contribution >= 0.6 is 0 Å². The zero-order valence-corrected chi connectivity index (χ0v) is 21.9. The van der Waals surface area contributed by atoms with Crippen LogP contribution in [0.2, 0.25) is 0 Å². The summed E-state index contributed by atoms with van der Waals surface area (Å²) in [6, 6.07) is 18.6. The zero-order chi connectivity index (χ0) is 25.3. The number of hydrogen-bond acceptors (Lipinski definition) is 5. The molecule has 0 saturated carbocycles. The molecule has 0 aromatic heterocycles. The second kappa shape index (κ2) is 12.9. The van der Waals surface area contributed by atoms with Crippen LogP contribution in [0.15, 0.2) is 48.5 Å². The Hall–Kier alpha value is -2.88. The third-order valence-corrected chi connectivity index (χ3v) is 7.50. The Kier molecular flexibility index (Phi) is 9.38. The number of hydrogen-bond donors (Lipinski definition) is 0. The summed E-state index contributed by atoms with van der Waals surface area (Å²) in [6.07, 6.45) is 4.44. The molecule has 0 radical (unpaired) electrons. The smallest absolute Gasteiger partial charge is 0.225 e. The molecule has 0 N–H and O–H groups in total. The summed E-state index contributed by atoms with van der Waals surface area (Å²) in [4.78, 5) is 19.7. The van der Waals surface area contributed by atoms with Gasteiger partial charge in [0, 0.05) is 57.4 Å². The number of benzene rings is 2. The molecular formula is C30H40N4O2. The van der Waals surface area contributed by atoms with Gasteiger partial charge in [-0.15, -0.1) is 0 Å². The molecule has 6 nitrogen and oxygen atoms in total. The molecular weight excluding hydrogens is 448 g/mol. The van der Waals surface area contributed by atoms with Gasteiger partial charge >= 0.3 is 0 Å². The minimum absolute atomic E-state index is 0.0653. The topological polar surface area (TPSA) is 59.8 Å². The van der Waals surface area contributed by atoms with Gasteiger partial charge in [0.15, 0.2) is 0 Å². The summed E-state index contributed by atoms with van der Waals surface area (Å²) < 4.78 is 6.53. The van der Waals surface area contributed by atoms with Gasteiger partial charge in [0.1, 0.15) is 0 Å². The number of nitriles is 1. The van der Waals surface area contributed by atoms with Gasteiger partial charge in [0.2, 0.25) is 5.91 Å². The lowest BCUT2D eigenvalue weighted by atomic mass is 10.0. The molecule has 0 unspecified atom stereocenters. The van der Waals surface area contributed by atoms with Crippen LogP contribution < -0.4 is 4.90 Å². The van der Waals surface area contributed by atoms with E-state index in [9.17, 15) is 4.79 Å². The highest BCUT2D eigenvalue weighted by Crippen LogP contribution is 2.28. The number of amides is 1. The van der Waals surface area contributed by atoms with Crippen molar-refractivity contribution in [3.05, 3.63) is 65.2 Å². The SMILES string of the molecule is CCC[C@H](C)C(=O)N1CCN(C[C@@H](OCc2ccc(C#N)cc2)c2cccc(N3CCCC3)c2)CC1. The molecule has 2 aromatic rings. The first kappa shape index (κ1) is 26.2. The Balaban J connectivity index is 1.43. The standard InChI is InChI=1S/C30H40N4O2/c1-3-7-24(2)30(35)34-18-16-32(17-19-34)22-29(36-23-26-12-10-25(21-31)11-13-26)27-8-6-9-28(20-27)33-14-4-5-15-33/h6,8-13,20,24,29H,3-5,7,14-19,22-23H2,1-2H3/t24-,29+/m0/s1. The Morgan fingerprint density at radius 2 is 1.75 bits per heavy atom. The van der Waals surface area contributed by atoms with Crippen molar-refractivity contribution < 1.29 is 9.53 Å². The second-order valence-corrected chi connectivity index (χ2v) is 10.2. The van der Waals surface area contributed by atoms with E-state index in [1.165, 1.54) is 24.1 Å². The van der Waals surface area contributed by atoms with Crippen LogP contribution in [0, 0.1) is 17.2 Å². The molecule has 0 aliphatic carbocycles. The van der Waals surface area contributed by atoms with Crippen molar-refractivity contribution in [2.45, 2.75) is 52.2 Å². The van der Waals surface area contributed by atoms with Crippen LogP contribution in [0.3, 0.4) is 0 Å². The Morgan fingerprint density at radius 1 is 1.03 bits per heavy atom. The van der Waals surface area contributed by atoms with Gasteiger partial charge in [0.05, 0.1) is 24.3 Å². The average Bonchev–Trinajstić information content (AvgIpc) is 3.47. The largest absolute Gasteiger partial charge is 0.372 e. The third kappa shape index (κ3) is 6.87. The molecule has 4 rings (SSSR count). The van der Waals surface area contributed by atoms with Crippen LogP contribution in [0.25, 0.3) is 0 Å². The molecule has 2 fully saturated rings. The summed E-state index contributed by atoms with van der Waals surface area (Å²) in [5.74, 6) is 0.404. The fraction of sp³-hybridized carbons (Fsp3) is 0.533. The normalized spacial score (nSPS) is 18.1. The summed E-state index contributed by atoms with van der Waals surface area (Å²) in [5.41, 5.74) is 4.20. The van der Waals surface area contributed by atoms with Crippen molar-refractivity contribution in [1.82, 2.24) is 9.80 Å². The molecule has 2 aromatic carbocycles. The molecule has 192 valence electrons. The second-order valence-electron chi connectivity index (χ2n) is 10.2. The third-order valence-electron chi connectivity index (χ3n) is 7.50. The number of piperazine rings is 1. The average molecular weight is 489 g/mol. The molecule has 2 aliphatic rings. The van der Waals surface area contributed by atoms with Crippen molar-refractivity contribution in [1.29, 1.82) is 5.26 Å². The predicted molar refractivity (Wildman–Crippen MR) is 144 cm³/mol. The summed E-state index contributed by atoms with van der Waals surface area (Å²) in [5, 5.41) is 9.09. The number of carbonyl (C=O) groups excluding carboxylic acids is 1. The monoisotopic (exact) mass is 488 g/mol. The van der Waals surface area contributed by atoms with E-state index in [-0.39, 0.29) is 12.0 Å². The van der Waals surface area contributed by atoms with Crippen LogP contribution in [0.1, 0.15) is 62.3 Å². The lowest BCUT2D eigenvalue weighted by molar-refractivity contribution is -0.137. The summed E-state index contributed by atoms with van der Waals surface area (Å²) >= 11 is 0. The number of nitrogens with zero attached hydrogens (tertiary/aromatic N) is 4. The molecule has 0 bridgehead atoms. The van der Waals surface area contributed by atoms with E-state index in [2.05, 4.69) is 54.0 Å². The number of anilines is 1. The van der Waals surface area contributed by atoms with E-state index in [4.69, 9.17) is 10.00 Å². The van der Waals surface area contributed by atoms with Crippen molar-refractivity contribution in [3.63, 3.8) is 0 Å². The molecule has 2 saturated heterocycles. The van der Waals surface area contributed by atoms with Gasteiger partial charge in [-0.1, -0.05) is 44.5 Å². The molecule has 1 amide bonds. The highest BCUT2D eigenvalue weighted by Gasteiger charge is 2.27. The fourth-order valence-corrected chi connectivity index (χ4v) is 5.28. The Morgan fingerprint density at radius 3 is 2.42 bits per heavy atom. The minimum Gasteiger partial charge on any atom is -0.372 e. The summed E-state index contributed by atoms with van der Waals surface area (Å²) in [6.45, 7) is 11.0. The van der Waals surface area contributed by atoms with E-state index in [0.29, 0.717) is 18.1 Å². The minimum atomic E-state index is -0.0653. The molecule has 0 spiro atoms. The van der Waals surface area contributed by atoms with Gasteiger partial charge in [-0.3, -0.25) is 9.69 Å². The van der Waals surface area contributed by atoms with Crippen molar-refractivity contribution in [2.75, 3.05) is 50.7 Å². The Bertz CT molecular complexity index is 1020. The van der Waals surface area contributed by atoms with E-state index in [0.717, 1.165) is 64.2 Å².